The molecular weight excluding hydrogens is 519 g/mol. The summed E-state index contributed by atoms with van der Waals surface area (Å²) >= 11 is 0. The molecule has 0 amide bonds. The van der Waals surface area contributed by atoms with Gasteiger partial charge in [-0.3, -0.25) is 18.5 Å². The average Bonchev–Trinajstić information content (AvgIpc) is 3.17. The molecule has 3 heterocycles. The fourth-order valence-corrected chi connectivity index (χ4v) is 5.55. The summed E-state index contributed by atoms with van der Waals surface area (Å²) in [6, 6.07) is 0. The lowest BCUT2D eigenvalue weighted by Crippen LogP contribution is -2.25. The zero-order chi connectivity index (χ0) is 24.9. The van der Waals surface area contributed by atoms with Gasteiger partial charge >= 0.3 is 23.5 Å². The molecule has 0 bridgehead atoms. The summed E-state index contributed by atoms with van der Waals surface area (Å²) in [5, 5.41) is 20.3. The van der Waals surface area contributed by atoms with Gasteiger partial charge in [-0.15, -0.1) is 0 Å². The summed E-state index contributed by atoms with van der Waals surface area (Å²) < 4.78 is 52.5. The predicted octanol–water partition coefficient (Wildman–Crippen LogP) is -1.29. The molecule has 4 atom stereocenters. The van der Waals surface area contributed by atoms with Crippen LogP contribution < -0.4 is 11.3 Å². The van der Waals surface area contributed by atoms with E-state index in [4.69, 9.17) is 25.2 Å². The summed E-state index contributed by atoms with van der Waals surface area (Å²) in [5.74, 6) is -1.74. The molecule has 0 aromatic carbocycles. The number of anilines is 1. The van der Waals surface area contributed by atoms with Crippen LogP contribution in [-0.2, 0) is 38.6 Å². The van der Waals surface area contributed by atoms with E-state index >= 15 is 0 Å². The molecule has 33 heavy (non-hydrogen) atoms. The van der Waals surface area contributed by atoms with Crippen molar-refractivity contribution in [2.24, 2.45) is 7.05 Å². The number of hydrogen-bond acceptors (Lipinski definition) is 13. The van der Waals surface area contributed by atoms with Crippen molar-refractivity contribution in [3.8, 4) is 0 Å². The van der Waals surface area contributed by atoms with E-state index in [-0.39, 0.29) is 17.1 Å². The summed E-state index contributed by atoms with van der Waals surface area (Å²) in [4.78, 5) is 55.6. The number of nitrogens with two attached hydrogens (primary N) is 1. The molecule has 1 aliphatic rings. The van der Waals surface area contributed by atoms with E-state index in [1.165, 1.54) is 7.05 Å². The summed E-state index contributed by atoms with van der Waals surface area (Å²) in [7, 11) is -15.5. The first-order valence-corrected chi connectivity index (χ1v) is 12.8. The van der Waals surface area contributed by atoms with Gasteiger partial charge < -0.3 is 40.3 Å². The third kappa shape index (κ3) is 5.51. The number of phosphoric acid groups is 3. The van der Waals surface area contributed by atoms with Gasteiger partial charge in [0.15, 0.2) is 28.8 Å². The number of fused-ring (bicyclic) bond motifs is 1. The van der Waals surface area contributed by atoms with E-state index in [0.29, 0.717) is 0 Å². The van der Waals surface area contributed by atoms with Crippen LogP contribution in [0.2, 0.25) is 0 Å². The van der Waals surface area contributed by atoms with Gasteiger partial charge in [-0.25, -0.2) is 18.7 Å². The average molecular weight is 535 g/mol. The normalized spacial score (nSPS) is 22.8. The van der Waals surface area contributed by atoms with Crippen molar-refractivity contribution in [1.29, 1.82) is 0 Å². The van der Waals surface area contributed by atoms with Gasteiger partial charge in [0.2, 0.25) is 12.2 Å². The molecule has 0 saturated heterocycles. The first kappa shape index (κ1) is 25.5. The number of phosphoric ester groups is 1. The van der Waals surface area contributed by atoms with Crippen molar-refractivity contribution < 1.29 is 61.4 Å². The lowest BCUT2D eigenvalue weighted by Gasteiger charge is -2.18. The molecule has 0 radical (unpaired) electrons. The van der Waals surface area contributed by atoms with E-state index in [1.54, 1.807) is 0 Å². The highest BCUT2D eigenvalue weighted by Crippen LogP contribution is 2.66. The van der Waals surface area contributed by atoms with Gasteiger partial charge in [0.25, 0.3) is 5.56 Å². The van der Waals surface area contributed by atoms with E-state index in [0.717, 1.165) is 15.5 Å². The van der Waals surface area contributed by atoms with Crippen molar-refractivity contribution >= 4 is 40.6 Å². The maximum atomic E-state index is 12.2. The lowest BCUT2D eigenvalue weighted by molar-refractivity contribution is -0.0119. The standard InChI is InChI=1S/C11H16N5O14P3/c1-15-9(19)5-8(14-11(15)12)16(3-13-5)10-7(18)6(17)4(28-10)2-27-32(23,24)30-33(25,26)29-31(20,21)22/h3,7,10,17-18H,2H2,1H3,(H2,12,14)(H,23,24)(H,25,26)(H2,20,21,22)/t7?,10-/m1/s1. The summed E-state index contributed by atoms with van der Waals surface area (Å²) in [6.45, 7) is -1.13. The molecule has 0 spiro atoms. The van der Waals surface area contributed by atoms with E-state index < -0.39 is 59.5 Å². The molecule has 0 saturated carbocycles. The Hall–Kier alpha value is -2.14. The van der Waals surface area contributed by atoms with Gasteiger partial charge in [-0.1, -0.05) is 0 Å². The number of hydrogen-bond donors (Lipinski definition) is 7. The number of ether oxygens (including phenoxy) is 1. The zero-order valence-corrected chi connectivity index (χ0v) is 18.8. The second-order valence-corrected chi connectivity index (χ2v) is 10.7. The Morgan fingerprint density at radius 2 is 1.82 bits per heavy atom. The topological polar surface area (TPSA) is 288 Å². The predicted molar refractivity (Wildman–Crippen MR) is 103 cm³/mol. The monoisotopic (exact) mass is 535 g/mol. The van der Waals surface area contributed by atoms with Crippen LogP contribution in [0.15, 0.2) is 22.6 Å². The van der Waals surface area contributed by atoms with Gasteiger partial charge in [0.05, 0.1) is 0 Å². The highest BCUT2D eigenvalue weighted by atomic mass is 31.3. The first-order chi connectivity index (χ1) is 15.0. The second-order valence-electron chi connectivity index (χ2n) is 6.28. The first-order valence-electron chi connectivity index (χ1n) is 8.25. The van der Waals surface area contributed by atoms with Gasteiger partial charge in [-0.05, 0) is 0 Å². The fraction of sp³-hybridized carbons (Fsp3) is 0.364. The minimum absolute atomic E-state index is 0.124. The molecule has 8 N–H and O–H groups in total. The Balaban J connectivity index is 1.77. The molecule has 3 rings (SSSR count). The quantitative estimate of drug-likeness (QED) is 0.194. The number of aliphatic hydroxyl groups excluding tert-OH is 2. The minimum Gasteiger partial charge on any atom is -0.506 e. The fourth-order valence-electron chi connectivity index (χ4n) is 2.58. The molecule has 2 aromatic rings. The van der Waals surface area contributed by atoms with E-state index in [2.05, 4.69) is 23.1 Å². The SMILES string of the molecule is Cn1c(N)nc2c(ncn2[C@@H]2OC(COP(=O)(O)OP(=O)(O)OP(=O)(O)O)=C(O)C2O)c1=O. The van der Waals surface area contributed by atoms with Crippen LogP contribution in [0, 0.1) is 0 Å². The number of nitrogen functional groups attached to an aromatic ring is 1. The molecule has 2 aromatic heterocycles. The number of nitrogens with zero attached hydrogens (tertiary/aromatic N) is 4. The third-order valence-electron chi connectivity index (χ3n) is 3.99. The molecule has 0 aliphatic carbocycles. The largest absolute Gasteiger partial charge is 0.506 e. The van der Waals surface area contributed by atoms with Crippen molar-refractivity contribution in [1.82, 2.24) is 19.1 Å². The third-order valence-corrected chi connectivity index (χ3v) is 7.77. The molecular formula is C11H16N5O14P3. The highest BCUT2D eigenvalue weighted by molar-refractivity contribution is 7.66. The Bertz CT molecular complexity index is 1330. The van der Waals surface area contributed by atoms with E-state index in [1.807, 2.05) is 0 Å². The van der Waals surface area contributed by atoms with Crippen molar-refractivity contribution in [3.63, 3.8) is 0 Å². The number of aromatic nitrogens is 4. The van der Waals surface area contributed by atoms with Crippen molar-refractivity contribution in [2.45, 2.75) is 12.3 Å². The maximum absolute atomic E-state index is 12.2. The van der Waals surface area contributed by atoms with Crippen LogP contribution in [0.1, 0.15) is 6.23 Å². The molecule has 19 nitrogen and oxygen atoms in total. The molecule has 22 heteroatoms. The number of rotatable bonds is 8. The zero-order valence-electron chi connectivity index (χ0n) is 16.1. The Kier molecular flexibility index (Phi) is 6.62. The Morgan fingerprint density at radius 3 is 2.42 bits per heavy atom. The van der Waals surface area contributed by atoms with Crippen LogP contribution >= 0.6 is 23.5 Å². The lowest BCUT2D eigenvalue weighted by atomic mass is 10.2. The van der Waals surface area contributed by atoms with Crippen molar-refractivity contribution in [2.75, 3.05) is 12.3 Å². The molecule has 3 unspecified atom stereocenters. The second kappa shape index (κ2) is 8.57. The van der Waals surface area contributed by atoms with Crippen LogP contribution in [0.5, 0.6) is 0 Å². The maximum Gasteiger partial charge on any atom is 0.490 e. The number of imidazole rings is 1. The minimum atomic E-state index is -5.75. The summed E-state index contributed by atoms with van der Waals surface area (Å²) in [5.41, 5.74) is 4.75. The Labute approximate surface area is 181 Å². The van der Waals surface area contributed by atoms with Crippen LogP contribution in [0.3, 0.4) is 0 Å². The number of aliphatic hydroxyl groups is 2. The van der Waals surface area contributed by atoms with Crippen molar-refractivity contribution in [3.05, 3.63) is 28.2 Å². The van der Waals surface area contributed by atoms with Crippen LogP contribution in [0.4, 0.5) is 5.95 Å². The molecule has 184 valence electrons. The smallest absolute Gasteiger partial charge is 0.490 e. The van der Waals surface area contributed by atoms with Gasteiger partial charge in [0.1, 0.15) is 12.9 Å². The Morgan fingerprint density at radius 1 is 1.18 bits per heavy atom. The summed E-state index contributed by atoms with van der Waals surface area (Å²) in [6.07, 6.45) is -2.26. The van der Waals surface area contributed by atoms with Gasteiger partial charge in [-0.2, -0.15) is 13.6 Å². The molecule has 0 fully saturated rings. The molecule has 1 aliphatic heterocycles. The van der Waals surface area contributed by atoms with Gasteiger partial charge in [0, 0.05) is 7.05 Å². The highest BCUT2D eigenvalue weighted by Gasteiger charge is 2.43. The van der Waals surface area contributed by atoms with Crippen LogP contribution in [0.25, 0.3) is 11.2 Å². The van der Waals surface area contributed by atoms with Crippen LogP contribution in [-0.4, -0.2) is 61.6 Å². The van der Waals surface area contributed by atoms with E-state index in [9.17, 15) is 33.6 Å².